The van der Waals surface area contributed by atoms with Crippen molar-refractivity contribution in [2.24, 2.45) is 0 Å². The van der Waals surface area contributed by atoms with Gasteiger partial charge in [0, 0.05) is 25.8 Å². The summed E-state index contributed by atoms with van der Waals surface area (Å²) in [6.45, 7) is 6.84. The molecule has 2 aromatic rings. The fourth-order valence-electron chi connectivity index (χ4n) is 2.61. The van der Waals surface area contributed by atoms with Gasteiger partial charge in [-0.05, 0) is 63.1 Å². The SMILES string of the molecule is Cc1cccc(N(C)S(=O)(=O)c2cccc(C(=O)NCCCOC(C)C)c2)c1. The number of nitrogens with zero attached hydrogens (tertiary/aromatic N) is 1. The molecule has 0 saturated carbocycles. The van der Waals surface area contributed by atoms with Crippen molar-refractivity contribution < 1.29 is 17.9 Å². The highest BCUT2D eigenvalue weighted by molar-refractivity contribution is 7.92. The number of carbonyl (C=O) groups is 1. The molecule has 152 valence electrons. The van der Waals surface area contributed by atoms with Gasteiger partial charge in [0.1, 0.15) is 0 Å². The van der Waals surface area contributed by atoms with Crippen molar-refractivity contribution in [2.45, 2.75) is 38.2 Å². The van der Waals surface area contributed by atoms with E-state index < -0.39 is 10.0 Å². The van der Waals surface area contributed by atoms with E-state index in [4.69, 9.17) is 4.74 Å². The summed E-state index contributed by atoms with van der Waals surface area (Å²) in [6, 6.07) is 13.3. The molecular formula is C21H28N2O4S. The van der Waals surface area contributed by atoms with E-state index in [0.717, 1.165) is 5.56 Å². The van der Waals surface area contributed by atoms with Crippen LogP contribution in [0.4, 0.5) is 5.69 Å². The number of hydrogen-bond donors (Lipinski definition) is 1. The maximum atomic E-state index is 13.0. The predicted octanol–water partition coefficient (Wildman–Crippen LogP) is 3.37. The lowest BCUT2D eigenvalue weighted by Crippen LogP contribution is -2.28. The highest BCUT2D eigenvalue weighted by Gasteiger charge is 2.22. The Hall–Kier alpha value is -2.38. The molecular weight excluding hydrogens is 376 g/mol. The van der Waals surface area contributed by atoms with Gasteiger partial charge in [-0.15, -0.1) is 0 Å². The molecule has 2 aromatic carbocycles. The molecule has 1 N–H and O–H groups in total. The molecule has 0 radical (unpaired) electrons. The van der Waals surface area contributed by atoms with Crippen molar-refractivity contribution in [1.29, 1.82) is 0 Å². The number of sulfonamides is 1. The van der Waals surface area contributed by atoms with Gasteiger partial charge in [0.15, 0.2) is 0 Å². The molecule has 0 aliphatic heterocycles. The van der Waals surface area contributed by atoms with Gasteiger partial charge < -0.3 is 10.1 Å². The van der Waals surface area contributed by atoms with Crippen LogP contribution in [0.2, 0.25) is 0 Å². The summed E-state index contributed by atoms with van der Waals surface area (Å²) >= 11 is 0. The van der Waals surface area contributed by atoms with Gasteiger partial charge in [0.05, 0.1) is 16.7 Å². The highest BCUT2D eigenvalue weighted by atomic mass is 32.2. The third kappa shape index (κ3) is 5.81. The first-order valence-electron chi connectivity index (χ1n) is 9.27. The molecule has 0 saturated heterocycles. The topological polar surface area (TPSA) is 75.7 Å². The van der Waals surface area contributed by atoms with Crippen LogP contribution in [0.25, 0.3) is 0 Å². The molecule has 6 nitrogen and oxygen atoms in total. The van der Waals surface area contributed by atoms with Crippen LogP contribution in [0.3, 0.4) is 0 Å². The minimum atomic E-state index is -3.77. The van der Waals surface area contributed by atoms with Gasteiger partial charge in [-0.3, -0.25) is 9.10 Å². The van der Waals surface area contributed by atoms with Gasteiger partial charge in [0.25, 0.3) is 15.9 Å². The van der Waals surface area contributed by atoms with Gasteiger partial charge in [-0.2, -0.15) is 0 Å². The number of nitrogens with one attached hydrogen (secondary N) is 1. The second kappa shape index (κ2) is 9.71. The minimum absolute atomic E-state index is 0.0762. The molecule has 0 bridgehead atoms. The Kier molecular flexibility index (Phi) is 7.60. The standard InChI is InChI=1S/C21H28N2O4S/c1-16(2)27-13-7-12-22-21(24)18-9-6-11-20(15-18)28(25,26)23(4)19-10-5-8-17(3)14-19/h5-6,8-11,14-16H,7,12-13H2,1-4H3,(H,22,24). The summed E-state index contributed by atoms with van der Waals surface area (Å²) in [4.78, 5) is 12.4. The first-order valence-corrected chi connectivity index (χ1v) is 10.7. The Morgan fingerprint density at radius 3 is 2.54 bits per heavy atom. The number of anilines is 1. The van der Waals surface area contributed by atoms with E-state index in [9.17, 15) is 13.2 Å². The van der Waals surface area contributed by atoms with Crippen molar-refractivity contribution in [2.75, 3.05) is 24.5 Å². The van der Waals surface area contributed by atoms with E-state index in [1.54, 1.807) is 24.3 Å². The van der Waals surface area contributed by atoms with Gasteiger partial charge >= 0.3 is 0 Å². The first-order chi connectivity index (χ1) is 13.2. The van der Waals surface area contributed by atoms with E-state index in [1.807, 2.05) is 32.9 Å². The summed E-state index contributed by atoms with van der Waals surface area (Å²) in [6.07, 6.45) is 0.848. The van der Waals surface area contributed by atoms with E-state index in [0.29, 0.717) is 30.8 Å². The molecule has 0 spiro atoms. The lowest BCUT2D eigenvalue weighted by Gasteiger charge is -2.20. The summed E-state index contributed by atoms with van der Waals surface area (Å²) in [5.74, 6) is -0.306. The van der Waals surface area contributed by atoms with E-state index in [2.05, 4.69) is 5.32 Å². The van der Waals surface area contributed by atoms with E-state index in [-0.39, 0.29) is 16.9 Å². The summed E-state index contributed by atoms with van der Waals surface area (Å²) in [7, 11) is -2.26. The second-order valence-corrected chi connectivity index (χ2v) is 8.84. The van der Waals surface area contributed by atoms with Gasteiger partial charge in [-0.25, -0.2) is 8.42 Å². The van der Waals surface area contributed by atoms with Gasteiger partial charge in [-0.1, -0.05) is 18.2 Å². The molecule has 1 amide bonds. The Balaban J connectivity index is 2.09. The Bertz CT molecular complexity index is 910. The first kappa shape index (κ1) is 21.9. The summed E-state index contributed by atoms with van der Waals surface area (Å²) in [5, 5.41) is 2.79. The fraction of sp³-hybridized carbons (Fsp3) is 0.381. The minimum Gasteiger partial charge on any atom is -0.379 e. The average molecular weight is 405 g/mol. The molecule has 0 fully saturated rings. The lowest BCUT2D eigenvalue weighted by molar-refractivity contribution is 0.0757. The average Bonchev–Trinajstić information content (AvgIpc) is 2.66. The van der Waals surface area contributed by atoms with Gasteiger partial charge in [0.2, 0.25) is 0 Å². The van der Waals surface area contributed by atoms with Crippen LogP contribution in [0.15, 0.2) is 53.4 Å². The summed E-state index contributed by atoms with van der Waals surface area (Å²) in [5.41, 5.74) is 1.85. The van der Waals surface area contributed by atoms with Crippen LogP contribution in [0.5, 0.6) is 0 Å². The number of benzene rings is 2. The lowest BCUT2D eigenvalue weighted by atomic mass is 10.2. The number of amides is 1. The molecule has 2 rings (SSSR count). The Morgan fingerprint density at radius 2 is 1.86 bits per heavy atom. The summed E-state index contributed by atoms with van der Waals surface area (Å²) < 4.78 is 32.6. The zero-order valence-corrected chi connectivity index (χ0v) is 17.6. The van der Waals surface area contributed by atoms with Crippen molar-refractivity contribution in [3.05, 3.63) is 59.7 Å². The molecule has 7 heteroatoms. The third-order valence-corrected chi connectivity index (χ3v) is 5.96. The van der Waals surface area contributed by atoms with Crippen molar-refractivity contribution >= 4 is 21.6 Å². The van der Waals surface area contributed by atoms with Crippen LogP contribution in [-0.2, 0) is 14.8 Å². The third-order valence-electron chi connectivity index (χ3n) is 4.18. The molecule has 0 atom stereocenters. The number of aryl methyl sites for hydroxylation is 1. The van der Waals surface area contributed by atoms with Crippen LogP contribution >= 0.6 is 0 Å². The second-order valence-electron chi connectivity index (χ2n) is 6.87. The Morgan fingerprint density at radius 1 is 1.14 bits per heavy atom. The number of carbonyl (C=O) groups excluding carboxylic acids is 1. The van der Waals surface area contributed by atoms with Crippen LogP contribution in [-0.4, -0.2) is 40.6 Å². The molecule has 0 aromatic heterocycles. The normalized spacial score (nSPS) is 11.5. The fourth-order valence-corrected chi connectivity index (χ4v) is 3.85. The molecule has 28 heavy (non-hydrogen) atoms. The molecule has 0 aliphatic carbocycles. The Labute approximate surface area is 167 Å². The van der Waals surface area contributed by atoms with Crippen LogP contribution < -0.4 is 9.62 Å². The van der Waals surface area contributed by atoms with E-state index in [1.165, 1.54) is 23.5 Å². The van der Waals surface area contributed by atoms with Crippen molar-refractivity contribution in [1.82, 2.24) is 5.32 Å². The number of ether oxygens (including phenoxy) is 1. The molecule has 0 aliphatic rings. The largest absolute Gasteiger partial charge is 0.379 e. The maximum Gasteiger partial charge on any atom is 0.264 e. The molecule has 0 unspecified atom stereocenters. The van der Waals surface area contributed by atoms with Crippen molar-refractivity contribution in [3.63, 3.8) is 0 Å². The highest BCUT2D eigenvalue weighted by Crippen LogP contribution is 2.23. The maximum absolute atomic E-state index is 13.0. The van der Waals surface area contributed by atoms with E-state index >= 15 is 0 Å². The monoisotopic (exact) mass is 404 g/mol. The zero-order valence-electron chi connectivity index (χ0n) is 16.8. The zero-order chi connectivity index (χ0) is 20.7. The van der Waals surface area contributed by atoms with Crippen molar-refractivity contribution in [3.8, 4) is 0 Å². The quantitative estimate of drug-likeness (QED) is 0.650. The smallest absolute Gasteiger partial charge is 0.264 e. The predicted molar refractivity (Wildman–Crippen MR) is 111 cm³/mol. The van der Waals surface area contributed by atoms with Crippen LogP contribution in [0, 0.1) is 6.92 Å². The number of hydrogen-bond acceptors (Lipinski definition) is 4. The van der Waals surface area contributed by atoms with Crippen LogP contribution in [0.1, 0.15) is 36.2 Å². The number of rotatable bonds is 9. The molecule has 0 heterocycles.